The molecule has 0 amide bonds. The Balaban J connectivity index is 2.59. The summed E-state index contributed by atoms with van der Waals surface area (Å²) in [4.78, 5) is 22.3. The van der Waals surface area contributed by atoms with Gasteiger partial charge in [0.15, 0.2) is 5.78 Å². The lowest BCUT2D eigenvalue weighted by Gasteiger charge is -2.01. The third-order valence-electron chi connectivity index (χ3n) is 1.89. The zero-order valence-corrected chi connectivity index (χ0v) is 9.59. The average Bonchev–Trinajstić information content (AvgIpc) is 2.21. The van der Waals surface area contributed by atoms with Gasteiger partial charge in [0.25, 0.3) is 0 Å². The number of alkyl halides is 1. The number of hydrogen-bond donors (Lipinski definition) is 0. The Kier molecular flexibility index (Phi) is 4.62. The summed E-state index contributed by atoms with van der Waals surface area (Å²) in [6.07, 6.45) is -0.162. The van der Waals surface area contributed by atoms with Crippen LogP contribution in [0.5, 0.6) is 0 Å². The smallest absolute Gasteiger partial charge is 0.150 e. The van der Waals surface area contributed by atoms with Crippen LogP contribution in [0.2, 0.25) is 0 Å². The van der Waals surface area contributed by atoms with Gasteiger partial charge in [0.1, 0.15) is 11.6 Å². The van der Waals surface area contributed by atoms with Crippen LogP contribution in [0.1, 0.15) is 12.0 Å². The summed E-state index contributed by atoms with van der Waals surface area (Å²) in [7, 11) is 0. The van der Waals surface area contributed by atoms with Crippen molar-refractivity contribution in [3.63, 3.8) is 0 Å². The number of carbonyl (C=O) groups is 2. The zero-order valence-electron chi connectivity index (χ0n) is 8.00. The molecule has 0 spiro atoms. The molecule has 0 aliphatic heterocycles. The van der Waals surface area contributed by atoms with E-state index in [4.69, 9.17) is 0 Å². The molecule has 0 aliphatic rings. The molecule has 15 heavy (non-hydrogen) atoms. The number of halogens is 2. The summed E-state index contributed by atoms with van der Waals surface area (Å²) in [6, 6.07) is 6.08. The van der Waals surface area contributed by atoms with E-state index in [1.807, 2.05) is 0 Å². The van der Waals surface area contributed by atoms with Gasteiger partial charge in [0.05, 0.1) is 11.8 Å². The van der Waals surface area contributed by atoms with Gasteiger partial charge in [-0.2, -0.15) is 0 Å². The minimum Gasteiger partial charge on any atom is -0.299 e. The number of Topliss-reactive ketones (excluding diaryl/α,β-unsaturated/α-hetero) is 2. The first-order chi connectivity index (χ1) is 7.13. The number of carbonyl (C=O) groups excluding carboxylic acids is 2. The summed E-state index contributed by atoms with van der Waals surface area (Å²) < 4.78 is 13.1. The molecule has 0 aromatic heterocycles. The van der Waals surface area contributed by atoms with Crippen LogP contribution in [0.25, 0.3) is 0 Å². The standard InChI is InChI=1S/C11H10BrFO2/c12-7-10(15)6-9(14)5-8-3-1-2-4-11(8)13/h1-4H,5-7H2. The van der Waals surface area contributed by atoms with Gasteiger partial charge in [-0.05, 0) is 11.6 Å². The van der Waals surface area contributed by atoms with Crippen LogP contribution in [0.15, 0.2) is 24.3 Å². The highest BCUT2D eigenvalue weighted by atomic mass is 79.9. The molecular formula is C11H10BrFO2. The zero-order chi connectivity index (χ0) is 11.3. The van der Waals surface area contributed by atoms with Crippen molar-refractivity contribution in [2.24, 2.45) is 0 Å². The molecule has 0 radical (unpaired) electrons. The second-order valence-corrected chi connectivity index (χ2v) is 3.72. The molecule has 80 valence electrons. The molecule has 0 heterocycles. The number of benzene rings is 1. The van der Waals surface area contributed by atoms with Crippen LogP contribution < -0.4 is 0 Å². The van der Waals surface area contributed by atoms with E-state index in [1.54, 1.807) is 18.2 Å². The normalized spacial score (nSPS) is 10.0. The highest BCUT2D eigenvalue weighted by Crippen LogP contribution is 2.08. The predicted octanol–water partition coefficient (Wildman–Crippen LogP) is 2.29. The molecule has 0 N–H and O–H groups in total. The van der Waals surface area contributed by atoms with Gasteiger partial charge in [-0.3, -0.25) is 9.59 Å². The van der Waals surface area contributed by atoms with Crippen LogP contribution >= 0.6 is 15.9 Å². The Hall–Kier alpha value is -1.03. The lowest BCUT2D eigenvalue weighted by molar-refractivity contribution is -0.125. The fourth-order valence-electron chi connectivity index (χ4n) is 1.18. The van der Waals surface area contributed by atoms with E-state index in [0.29, 0.717) is 5.56 Å². The molecule has 0 saturated heterocycles. The monoisotopic (exact) mass is 272 g/mol. The number of rotatable bonds is 5. The minimum atomic E-state index is -0.405. The fourth-order valence-corrected chi connectivity index (χ4v) is 1.38. The first-order valence-corrected chi connectivity index (χ1v) is 5.58. The molecular weight excluding hydrogens is 263 g/mol. The Morgan fingerprint density at radius 3 is 2.47 bits per heavy atom. The first-order valence-electron chi connectivity index (χ1n) is 4.46. The van der Waals surface area contributed by atoms with Crippen molar-refractivity contribution >= 4 is 27.5 Å². The van der Waals surface area contributed by atoms with Crippen molar-refractivity contribution in [1.82, 2.24) is 0 Å². The van der Waals surface area contributed by atoms with Crippen molar-refractivity contribution in [1.29, 1.82) is 0 Å². The lowest BCUT2D eigenvalue weighted by Crippen LogP contribution is -2.11. The molecule has 1 aromatic rings. The van der Waals surface area contributed by atoms with E-state index < -0.39 is 5.82 Å². The molecule has 0 bridgehead atoms. The van der Waals surface area contributed by atoms with E-state index in [9.17, 15) is 14.0 Å². The maximum absolute atomic E-state index is 13.1. The number of hydrogen-bond acceptors (Lipinski definition) is 2. The molecule has 0 aliphatic carbocycles. The third kappa shape index (κ3) is 3.91. The fraction of sp³-hybridized carbons (Fsp3) is 0.273. The molecule has 0 unspecified atom stereocenters. The molecule has 0 fully saturated rings. The van der Waals surface area contributed by atoms with Crippen molar-refractivity contribution < 1.29 is 14.0 Å². The van der Waals surface area contributed by atoms with Gasteiger partial charge in [0, 0.05) is 6.42 Å². The van der Waals surface area contributed by atoms with Crippen molar-refractivity contribution in [2.45, 2.75) is 12.8 Å². The van der Waals surface area contributed by atoms with Crippen LogP contribution in [-0.4, -0.2) is 16.9 Å². The Labute approximate surface area is 95.6 Å². The second kappa shape index (κ2) is 5.75. The summed E-state index contributed by atoms with van der Waals surface area (Å²) in [5, 5.41) is 0.163. The van der Waals surface area contributed by atoms with Gasteiger partial charge >= 0.3 is 0 Å². The van der Waals surface area contributed by atoms with Crippen LogP contribution in [-0.2, 0) is 16.0 Å². The molecule has 1 aromatic carbocycles. The van der Waals surface area contributed by atoms with Gasteiger partial charge in [0.2, 0.25) is 0 Å². The van der Waals surface area contributed by atoms with Crippen LogP contribution in [0, 0.1) is 5.82 Å². The maximum Gasteiger partial charge on any atom is 0.150 e. The predicted molar refractivity (Wildman–Crippen MR) is 58.5 cm³/mol. The van der Waals surface area contributed by atoms with Crippen molar-refractivity contribution in [3.8, 4) is 0 Å². The van der Waals surface area contributed by atoms with Crippen LogP contribution in [0.4, 0.5) is 4.39 Å². The van der Waals surface area contributed by atoms with Crippen molar-refractivity contribution in [2.75, 3.05) is 5.33 Å². The molecule has 1 rings (SSSR count). The average molecular weight is 273 g/mol. The van der Waals surface area contributed by atoms with E-state index in [0.717, 1.165) is 0 Å². The van der Waals surface area contributed by atoms with Gasteiger partial charge in [-0.15, -0.1) is 0 Å². The first kappa shape index (κ1) is 12.0. The summed E-state index contributed by atoms with van der Waals surface area (Å²) in [5.74, 6) is -0.849. The lowest BCUT2D eigenvalue weighted by atomic mass is 10.1. The summed E-state index contributed by atoms with van der Waals surface area (Å²) in [5.41, 5.74) is 0.338. The third-order valence-corrected chi connectivity index (χ3v) is 2.51. The Bertz CT molecular complexity index is 377. The number of ketones is 2. The van der Waals surface area contributed by atoms with Gasteiger partial charge < -0.3 is 0 Å². The van der Waals surface area contributed by atoms with Gasteiger partial charge in [-0.25, -0.2) is 4.39 Å². The molecule has 4 heteroatoms. The topological polar surface area (TPSA) is 34.1 Å². The molecule has 0 saturated carbocycles. The Morgan fingerprint density at radius 1 is 1.20 bits per heavy atom. The molecule has 0 atom stereocenters. The summed E-state index contributed by atoms with van der Waals surface area (Å²) in [6.45, 7) is 0. The van der Waals surface area contributed by atoms with E-state index >= 15 is 0 Å². The SMILES string of the molecule is O=C(CBr)CC(=O)Cc1ccccc1F. The van der Waals surface area contributed by atoms with E-state index in [-0.39, 0.29) is 29.7 Å². The largest absolute Gasteiger partial charge is 0.299 e. The quantitative estimate of drug-likeness (QED) is 0.609. The van der Waals surface area contributed by atoms with Gasteiger partial charge in [-0.1, -0.05) is 34.1 Å². The van der Waals surface area contributed by atoms with Crippen LogP contribution in [0.3, 0.4) is 0 Å². The highest BCUT2D eigenvalue weighted by molar-refractivity contribution is 9.09. The maximum atomic E-state index is 13.1. The van der Waals surface area contributed by atoms with E-state index in [1.165, 1.54) is 6.07 Å². The summed E-state index contributed by atoms with van der Waals surface area (Å²) >= 11 is 2.97. The second-order valence-electron chi connectivity index (χ2n) is 3.16. The van der Waals surface area contributed by atoms with Crippen molar-refractivity contribution in [3.05, 3.63) is 35.6 Å². The molecule has 2 nitrogen and oxygen atoms in total. The van der Waals surface area contributed by atoms with E-state index in [2.05, 4.69) is 15.9 Å². The highest BCUT2D eigenvalue weighted by Gasteiger charge is 2.11. The Morgan fingerprint density at radius 2 is 1.87 bits per heavy atom. The minimum absolute atomic E-state index is 0.0224.